The Balaban J connectivity index is 1.56. The highest BCUT2D eigenvalue weighted by Crippen LogP contribution is 2.30. The van der Waals surface area contributed by atoms with E-state index in [2.05, 4.69) is 28.6 Å². The number of methoxy groups -OCH3 is 1. The number of aryl methyl sites for hydroxylation is 1. The van der Waals surface area contributed by atoms with Crippen LogP contribution in [0, 0.1) is 6.92 Å². The summed E-state index contributed by atoms with van der Waals surface area (Å²) >= 11 is 0. The van der Waals surface area contributed by atoms with Crippen LogP contribution in [0.5, 0.6) is 5.75 Å². The number of amides is 2. The summed E-state index contributed by atoms with van der Waals surface area (Å²) in [7, 11) is 1.63. The number of hydrogen-bond donors (Lipinski definition) is 1. The van der Waals surface area contributed by atoms with E-state index in [1.54, 1.807) is 7.11 Å². The molecule has 0 saturated carbocycles. The van der Waals surface area contributed by atoms with E-state index in [1.807, 2.05) is 54.3 Å². The fourth-order valence-corrected chi connectivity index (χ4v) is 4.38. The van der Waals surface area contributed by atoms with Gasteiger partial charge in [-0.15, -0.1) is 0 Å². The average Bonchev–Trinajstić information content (AvgIpc) is 3.34. The zero-order valence-electron chi connectivity index (χ0n) is 17.9. The first-order valence-electron chi connectivity index (χ1n) is 10.4. The lowest BCUT2D eigenvalue weighted by atomic mass is 9.94. The van der Waals surface area contributed by atoms with Crippen molar-refractivity contribution in [2.45, 2.75) is 25.4 Å². The van der Waals surface area contributed by atoms with E-state index in [0.29, 0.717) is 13.1 Å². The summed E-state index contributed by atoms with van der Waals surface area (Å²) in [6, 6.07) is 17.8. The SMILES string of the molecule is C=CC(=O)N[C@@H]1CN(C(=O)Cn2c(C)cc3ccccc32)C[C@H]1c1ccc(OC)cc1. The molecule has 31 heavy (non-hydrogen) atoms. The van der Waals surface area contributed by atoms with Crippen molar-refractivity contribution >= 4 is 22.7 Å². The summed E-state index contributed by atoms with van der Waals surface area (Å²) < 4.78 is 7.31. The van der Waals surface area contributed by atoms with Crippen molar-refractivity contribution < 1.29 is 14.3 Å². The molecule has 6 nitrogen and oxygen atoms in total. The van der Waals surface area contributed by atoms with Gasteiger partial charge in [0.1, 0.15) is 12.3 Å². The lowest BCUT2D eigenvalue weighted by Gasteiger charge is -2.19. The Hall–Kier alpha value is -3.54. The molecule has 1 aromatic heterocycles. The van der Waals surface area contributed by atoms with Crippen LogP contribution >= 0.6 is 0 Å². The van der Waals surface area contributed by atoms with Crippen molar-refractivity contribution in [1.82, 2.24) is 14.8 Å². The number of nitrogens with one attached hydrogen (secondary N) is 1. The Morgan fingerprint density at radius 1 is 1.16 bits per heavy atom. The molecule has 2 heterocycles. The quantitative estimate of drug-likeness (QED) is 0.626. The van der Waals surface area contributed by atoms with Crippen molar-refractivity contribution in [3.05, 3.63) is 78.5 Å². The lowest BCUT2D eigenvalue weighted by Crippen LogP contribution is -2.40. The Morgan fingerprint density at radius 2 is 1.90 bits per heavy atom. The monoisotopic (exact) mass is 417 g/mol. The molecule has 1 saturated heterocycles. The Morgan fingerprint density at radius 3 is 2.61 bits per heavy atom. The predicted molar refractivity (Wildman–Crippen MR) is 121 cm³/mol. The second-order valence-corrected chi connectivity index (χ2v) is 7.93. The number of para-hydroxylation sites is 1. The molecule has 6 heteroatoms. The van der Waals surface area contributed by atoms with Gasteiger partial charge < -0.3 is 19.5 Å². The first kappa shape index (κ1) is 20.7. The third-order valence-electron chi connectivity index (χ3n) is 6.04. The van der Waals surface area contributed by atoms with Gasteiger partial charge in [0, 0.05) is 30.2 Å². The van der Waals surface area contributed by atoms with Gasteiger partial charge in [0.15, 0.2) is 0 Å². The highest BCUT2D eigenvalue weighted by molar-refractivity contribution is 5.87. The molecule has 0 aliphatic carbocycles. The smallest absolute Gasteiger partial charge is 0.243 e. The molecule has 1 N–H and O–H groups in total. The standard InChI is InChI=1S/C25H27N3O3/c1-4-24(29)26-22-15-27(14-21(22)18-9-11-20(31-3)12-10-18)25(30)16-28-17(2)13-19-7-5-6-8-23(19)28/h4-13,21-22H,1,14-16H2,2-3H3,(H,26,29)/t21-,22+/m0/s1. The van der Waals surface area contributed by atoms with Gasteiger partial charge in [0.25, 0.3) is 0 Å². The summed E-state index contributed by atoms with van der Waals surface area (Å²) in [5.41, 5.74) is 3.17. The molecule has 1 aliphatic rings. The molecule has 0 radical (unpaired) electrons. The number of fused-ring (bicyclic) bond motifs is 1. The maximum absolute atomic E-state index is 13.2. The van der Waals surface area contributed by atoms with Crippen molar-refractivity contribution in [2.24, 2.45) is 0 Å². The molecule has 2 amide bonds. The second-order valence-electron chi connectivity index (χ2n) is 7.93. The molecular formula is C25H27N3O3. The number of hydrogen-bond acceptors (Lipinski definition) is 3. The zero-order valence-corrected chi connectivity index (χ0v) is 17.9. The van der Waals surface area contributed by atoms with Crippen LogP contribution in [0.4, 0.5) is 0 Å². The predicted octanol–water partition coefficient (Wildman–Crippen LogP) is 3.26. The molecule has 160 valence electrons. The van der Waals surface area contributed by atoms with Gasteiger partial charge >= 0.3 is 0 Å². The Kier molecular flexibility index (Phi) is 5.80. The molecular weight excluding hydrogens is 390 g/mol. The van der Waals surface area contributed by atoms with Crippen molar-refractivity contribution in [3.8, 4) is 5.75 Å². The number of aromatic nitrogens is 1. The van der Waals surface area contributed by atoms with E-state index in [0.717, 1.165) is 27.9 Å². The first-order chi connectivity index (χ1) is 15.0. The van der Waals surface area contributed by atoms with Gasteiger partial charge in [0.05, 0.1) is 13.2 Å². The number of carbonyl (C=O) groups is 2. The Bertz CT molecular complexity index is 1120. The van der Waals surface area contributed by atoms with Gasteiger partial charge in [0.2, 0.25) is 11.8 Å². The van der Waals surface area contributed by atoms with E-state index in [9.17, 15) is 9.59 Å². The zero-order chi connectivity index (χ0) is 22.0. The normalized spacial score (nSPS) is 18.2. The van der Waals surface area contributed by atoms with Crippen LogP contribution in [0.25, 0.3) is 10.9 Å². The maximum atomic E-state index is 13.2. The van der Waals surface area contributed by atoms with E-state index >= 15 is 0 Å². The van der Waals surface area contributed by atoms with Gasteiger partial charge in [-0.2, -0.15) is 0 Å². The Labute approximate surface area is 182 Å². The van der Waals surface area contributed by atoms with E-state index in [-0.39, 0.29) is 30.3 Å². The molecule has 4 rings (SSSR count). The molecule has 3 aromatic rings. The largest absolute Gasteiger partial charge is 0.497 e. The van der Waals surface area contributed by atoms with Crippen LogP contribution in [0.1, 0.15) is 17.2 Å². The van der Waals surface area contributed by atoms with Crippen LogP contribution in [-0.4, -0.2) is 47.5 Å². The van der Waals surface area contributed by atoms with Gasteiger partial charge in [-0.1, -0.05) is 36.9 Å². The minimum atomic E-state index is -0.231. The number of likely N-dealkylation sites (tertiary alicyclic amines) is 1. The van der Waals surface area contributed by atoms with Crippen LogP contribution in [0.15, 0.2) is 67.3 Å². The summed E-state index contributed by atoms with van der Waals surface area (Å²) in [5.74, 6) is 0.584. The van der Waals surface area contributed by atoms with E-state index in [4.69, 9.17) is 4.74 Å². The number of ether oxygens (including phenoxy) is 1. The number of carbonyl (C=O) groups excluding carboxylic acids is 2. The van der Waals surface area contributed by atoms with Crippen molar-refractivity contribution in [2.75, 3.05) is 20.2 Å². The van der Waals surface area contributed by atoms with Gasteiger partial charge in [-0.05, 0) is 48.2 Å². The minimum absolute atomic E-state index is 0.00117. The molecule has 0 bridgehead atoms. The third-order valence-corrected chi connectivity index (χ3v) is 6.04. The van der Waals surface area contributed by atoms with Crippen LogP contribution < -0.4 is 10.1 Å². The molecule has 0 unspecified atom stereocenters. The minimum Gasteiger partial charge on any atom is -0.497 e. The highest BCUT2D eigenvalue weighted by Gasteiger charge is 2.37. The summed E-state index contributed by atoms with van der Waals surface area (Å²) in [6.45, 7) is 6.86. The fourth-order valence-electron chi connectivity index (χ4n) is 4.38. The highest BCUT2D eigenvalue weighted by atomic mass is 16.5. The maximum Gasteiger partial charge on any atom is 0.243 e. The second kappa shape index (κ2) is 8.68. The van der Waals surface area contributed by atoms with Crippen LogP contribution in [-0.2, 0) is 16.1 Å². The number of benzene rings is 2. The molecule has 2 atom stereocenters. The topological polar surface area (TPSA) is 63.6 Å². The first-order valence-corrected chi connectivity index (χ1v) is 10.4. The molecule has 1 aliphatic heterocycles. The van der Waals surface area contributed by atoms with Gasteiger partial charge in [-0.25, -0.2) is 0 Å². The van der Waals surface area contributed by atoms with E-state index in [1.165, 1.54) is 6.08 Å². The summed E-state index contributed by atoms with van der Waals surface area (Å²) in [4.78, 5) is 27.1. The summed E-state index contributed by atoms with van der Waals surface area (Å²) in [5, 5.41) is 4.13. The fraction of sp³-hybridized carbons (Fsp3) is 0.280. The average molecular weight is 418 g/mol. The molecule has 1 fully saturated rings. The van der Waals surface area contributed by atoms with Crippen molar-refractivity contribution in [3.63, 3.8) is 0 Å². The van der Waals surface area contributed by atoms with Gasteiger partial charge in [-0.3, -0.25) is 9.59 Å². The lowest BCUT2D eigenvalue weighted by molar-refractivity contribution is -0.131. The number of nitrogens with zero attached hydrogens (tertiary/aromatic N) is 2. The molecule has 2 aromatic carbocycles. The summed E-state index contributed by atoms with van der Waals surface area (Å²) in [6.07, 6.45) is 1.27. The van der Waals surface area contributed by atoms with Crippen LogP contribution in [0.2, 0.25) is 0 Å². The van der Waals surface area contributed by atoms with Crippen LogP contribution in [0.3, 0.4) is 0 Å². The van der Waals surface area contributed by atoms with Crippen molar-refractivity contribution in [1.29, 1.82) is 0 Å². The molecule has 0 spiro atoms. The third kappa shape index (κ3) is 4.19. The number of rotatable bonds is 6. The van der Waals surface area contributed by atoms with E-state index < -0.39 is 0 Å².